The van der Waals surface area contributed by atoms with E-state index in [1.807, 2.05) is 20.8 Å². The Labute approximate surface area is 126 Å². The quantitative estimate of drug-likeness (QED) is 0.785. The van der Waals surface area contributed by atoms with Gasteiger partial charge in [0.1, 0.15) is 5.60 Å². The molecule has 3 saturated carbocycles. The van der Waals surface area contributed by atoms with Gasteiger partial charge in [0.05, 0.1) is 17.1 Å². The van der Waals surface area contributed by atoms with Gasteiger partial charge in [-0.15, -0.1) is 0 Å². The smallest absolute Gasteiger partial charge is 0.312 e. The minimum atomic E-state index is -0.698. The van der Waals surface area contributed by atoms with Crippen molar-refractivity contribution in [1.82, 2.24) is 0 Å². The number of carbonyl (C=O) groups excluding carboxylic acids is 1. The Morgan fingerprint density at radius 2 is 2.05 bits per heavy atom. The molecule has 3 bridgehead atoms. The van der Waals surface area contributed by atoms with Crippen LogP contribution < -0.4 is 0 Å². The summed E-state index contributed by atoms with van der Waals surface area (Å²) in [5.41, 5.74) is -1.86. The molecule has 2 N–H and O–H groups in total. The van der Waals surface area contributed by atoms with Crippen LogP contribution in [0.4, 0.5) is 0 Å². The number of hydrogen-bond donors (Lipinski definition) is 2. The Morgan fingerprint density at radius 3 is 2.71 bits per heavy atom. The summed E-state index contributed by atoms with van der Waals surface area (Å²) in [7, 11) is 0. The zero-order valence-electron chi connectivity index (χ0n) is 13.4. The number of rotatable bonds is 3. The van der Waals surface area contributed by atoms with E-state index in [4.69, 9.17) is 4.74 Å². The summed E-state index contributed by atoms with van der Waals surface area (Å²) in [6.45, 7) is 5.77. The van der Waals surface area contributed by atoms with Crippen molar-refractivity contribution >= 4 is 5.97 Å². The topological polar surface area (TPSA) is 66.8 Å². The molecule has 0 heterocycles. The van der Waals surface area contributed by atoms with Crippen molar-refractivity contribution in [3.8, 4) is 0 Å². The number of aliphatic hydroxyl groups is 2. The Balaban J connectivity index is 1.85. The summed E-state index contributed by atoms with van der Waals surface area (Å²) >= 11 is 0. The van der Waals surface area contributed by atoms with Gasteiger partial charge < -0.3 is 14.9 Å². The second kappa shape index (κ2) is 4.69. The van der Waals surface area contributed by atoms with Gasteiger partial charge in [0.25, 0.3) is 0 Å². The van der Waals surface area contributed by atoms with Gasteiger partial charge in [-0.25, -0.2) is 0 Å². The molecule has 4 nitrogen and oxygen atoms in total. The molecule has 5 atom stereocenters. The molecule has 0 amide bonds. The minimum Gasteiger partial charge on any atom is -0.458 e. The standard InChI is InChI=1S/C17H28O4/c1-4-15(2,3)14(19)21-17-8-11-7-16(20,10-17)6-5-12(11)13(18)9-17/h11-13,18,20H,4-10H2,1-3H3. The van der Waals surface area contributed by atoms with Crippen molar-refractivity contribution in [1.29, 1.82) is 0 Å². The van der Waals surface area contributed by atoms with Gasteiger partial charge in [-0.3, -0.25) is 4.79 Å². The number of esters is 1. The van der Waals surface area contributed by atoms with Gasteiger partial charge in [0.2, 0.25) is 0 Å². The molecule has 3 rings (SSSR count). The van der Waals surface area contributed by atoms with Gasteiger partial charge in [-0.05, 0) is 57.8 Å². The highest BCUT2D eigenvalue weighted by Crippen LogP contribution is 2.57. The van der Waals surface area contributed by atoms with Gasteiger partial charge in [-0.2, -0.15) is 0 Å². The van der Waals surface area contributed by atoms with E-state index in [9.17, 15) is 15.0 Å². The van der Waals surface area contributed by atoms with Crippen LogP contribution in [0, 0.1) is 17.3 Å². The highest BCUT2D eigenvalue weighted by molar-refractivity contribution is 5.76. The van der Waals surface area contributed by atoms with Gasteiger partial charge in [0, 0.05) is 12.8 Å². The van der Waals surface area contributed by atoms with Crippen LogP contribution in [-0.4, -0.2) is 33.5 Å². The number of ether oxygens (including phenoxy) is 1. The lowest BCUT2D eigenvalue weighted by Crippen LogP contribution is -2.62. The van der Waals surface area contributed by atoms with Crippen molar-refractivity contribution in [2.24, 2.45) is 17.3 Å². The number of carbonyl (C=O) groups is 1. The van der Waals surface area contributed by atoms with E-state index in [1.54, 1.807) is 0 Å². The van der Waals surface area contributed by atoms with Crippen LogP contribution in [0.15, 0.2) is 0 Å². The zero-order chi connectivity index (χ0) is 15.5. The highest BCUT2D eigenvalue weighted by Gasteiger charge is 2.59. The predicted molar refractivity (Wildman–Crippen MR) is 78.5 cm³/mol. The van der Waals surface area contributed by atoms with Crippen molar-refractivity contribution in [2.75, 3.05) is 0 Å². The first kappa shape index (κ1) is 15.3. The summed E-state index contributed by atoms with van der Waals surface area (Å²) in [4.78, 5) is 12.5. The molecule has 3 fully saturated rings. The lowest BCUT2D eigenvalue weighted by Gasteiger charge is -2.58. The molecule has 4 heteroatoms. The second-order valence-corrected chi connectivity index (χ2v) is 8.35. The molecule has 3 aliphatic carbocycles. The monoisotopic (exact) mass is 296 g/mol. The van der Waals surface area contributed by atoms with E-state index >= 15 is 0 Å². The molecular weight excluding hydrogens is 268 g/mol. The Morgan fingerprint density at radius 1 is 1.33 bits per heavy atom. The summed E-state index contributed by atoms with van der Waals surface area (Å²) in [6, 6.07) is 0. The number of hydrogen-bond acceptors (Lipinski definition) is 4. The molecule has 0 saturated heterocycles. The summed E-state index contributed by atoms with van der Waals surface area (Å²) in [5, 5.41) is 21.2. The van der Waals surface area contributed by atoms with E-state index in [0.29, 0.717) is 18.8 Å². The normalized spacial score (nSPS) is 45.5. The fourth-order valence-corrected chi connectivity index (χ4v) is 4.74. The molecule has 5 unspecified atom stereocenters. The van der Waals surface area contributed by atoms with E-state index in [2.05, 4.69) is 0 Å². The SMILES string of the molecule is CCC(C)(C)C(=O)OC12CC(O)C3CCC(O)(CC3C1)C2. The molecule has 21 heavy (non-hydrogen) atoms. The average molecular weight is 296 g/mol. The molecule has 0 aromatic rings. The van der Waals surface area contributed by atoms with E-state index in [1.165, 1.54) is 0 Å². The van der Waals surface area contributed by atoms with Gasteiger partial charge in [-0.1, -0.05) is 6.92 Å². The number of fused-ring (bicyclic) bond motifs is 2. The average Bonchev–Trinajstić information content (AvgIpc) is 2.35. The lowest BCUT2D eigenvalue weighted by molar-refractivity contribution is -0.229. The van der Waals surface area contributed by atoms with Crippen LogP contribution in [0.2, 0.25) is 0 Å². The molecule has 120 valence electrons. The first-order chi connectivity index (χ1) is 9.69. The third-order valence-corrected chi connectivity index (χ3v) is 6.30. The maximum Gasteiger partial charge on any atom is 0.312 e. The second-order valence-electron chi connectivity index (χ2n) is 8.35. The Bertz CT molecular complexity index is 442. The van der Waals surface area contributed by atoms with Crippen LogP contribution in [-0.2, 0) is 9.53 Å². The fourth-order valence-electron chi connectivity index (χ4n) is 4.74. The fraction of sp³-hybridized carbons (Fsp3) is 0.941. The Kier molecular flexibility index (Phi) is 3.42. The zero-order valence-corrected chi connectivity index (χ0v) is 13.4. The third-order valence-electron chi connectivity index (χ3n) is 6.30. The summed E-state index contributed by atoms with van der Waals surface area (Å²) in [5.74, 6) is 0.370. The predicted octanol–water partition coefficient (Wildman–Crippen LogP) is 2.41. The highest BCUT2D eigenvalue weighted by atomic mass is 16.6. The maximum atomic E-state index is 12.5. The molecule has 0 aromatic heterocycles. The van der Waals surface area contributed by atoms with Crippen LogP contribution >= 0.6 is 0 Å². The number of aliphatic hydroxyl groups excluding tert-OH is 1. The first-order valence-corrected chi connectivity index (χ1v) is 8.33. The van der Waals surface area contributed by atoms with Gasteiger partial charge in [0.15, 0.2) is 0 Å². The van der Waals surface area contributed by atoms with Crippen LogP contribution in [0.5, 0.6) is 0 Å². The van der Waals surface area contributed by atoms with Crippen LogP contribution in [0.1, 0.15) is 65.7 Å². The van der Waals surface area contributed by atoms with E-state index < -0.39 is 22.7 Å². The molecule has 0 spiro atoms. The molecule has 0 aliphatic heterocycles. The van der Waals surface area contributed by atoms with Crippen molar-refractivity contribution in [3.63, 3.8) is 0 Å². The Hall–Kier alpha value is -0.610. The molecule has 0 aromatic carbocycles. The van der Waals surface area contributed by atoms with E-state index in [-0.39, 0.29) is 11.9 Å². The maximum absolute atomic E-state index is 12.5. The first-order valence-electron chi connectivity index (χ1n) is 8.33. The summed E-state index contributed by atoms with van der Waals surface area (Å²) in [6.07, 6.45) is 4.49. The molecular formula is C17H28O4. The van der Waals surface area contributed by atoms with Gasteiger partial charge >= 0.3 is 5.97 Å². The summed E-state index contributed by atoms with van der Waals surface area (Å²) < 4.78 is 5.93. The largest absolute Gasteiger partial charge is 0.458 e. The lowest BCUT2D eigenvalue weighted by atomic mass is 9.53. The minimum absolute atomic E-state index is 0.195. The van der Waals surface area contributed by atoms with E-state index in [0.717, 1.165) is 32.1 Å². The third kappa shape index (κ3) is 2.50. The van der Waals surface area contributed by atoms with Crippen molar-refractivity contribution in [3.05, 3.63) is 0 Å². The van der Waals surface area contributed by atoms with Crippen LogP contribution in [0.3, 0.4) is 0 Å². The molecule has 0 radical (unpaired) electrons. The van der Waals surface area contributed by atoms with Crippen LogP contribution in [0.25, 0.3) is 0 Å². The van der Waals surface area contributed by atoms with Crippen molar-refractivity contribution in [2.45, 2.75) is 83.0 Å². The van der Waals surface area contributed by atoms with Crippen molar-refractivity contribution < 1.29 is 19.7 Å². The molecule has 3 aliphatic rings.